The van der Waals surface area contributed by atoms with Crippen LogP contribution in [0.1, 0.15) is 96.0 Å². The summed E-state index contributed by atoms with van der Waals surface area (Å²) in [5, 5.41) is 5.56. The Hall–Kier alpha value is -4.71. The van der Waals surface area contributed by atoms with Crippen molar-refractivity contribution in [1.82, 2.24) is 39.0 Å². The maximum atomic E-state index is 14.6. The third-order valence-electron chi connectivity index (χ3n) is 10.2. The molecule has 308 valence electrons. The number of nitrogens with one attached hydrogen (secondary N) is 3. The van der Waals surface area contributed by atoms with E-state index in [0.717, 1.165) is 17.1 Å². The van der Waals surface area contributed by atoms with E-state index in [4.69, 9.17) is 14.5 Å². The van der Waals surface area contributed by atoms with Gasteiger partial charge in [-0.25, -0.2) is 9.52 Å². The van der Waals surface area contributed by atoms with Crippen molar-refractivity contribution < 1.29 is 41.9 Å². The van der Waals surface area contributed by atoms with Crippen molar-refractivity contribution in [1.29, 1.82) is 0 Å². The second-order valence-electron chi connectivity index (χ2n) is 16.5. The van der Waals surface area contributed by atoms with Crippen molar-refractivity contribution in [2.24, 2.45) is 5.92 Å². The molecule has 0 spiro atoms. The fraction of sp³-hybridized carbons (Fsp3) is 0.632. The Morgan fingerprint density at radius 2 is 1.79 bits per heavy atom. The molecule has 2 aromatic rings. The van der Waals surface area contributed by atoms with E-state index < -0.39 is 69.3 Å². The average Bonchev–Trinajstić information content (AvgIpc) is 3.42. The van der Waals surface area contributed by atoms with E-state index in [1.54, 1.807) is 47.0 Å². The lowest BCUT2D eigenvalue weighted by atomic mass is 10.0. The summed E-state index contributed by atoms with van der Waals surface area (Å²) in [6, 6.07) is 3.11. The Kier molecular flexibility index (Phi) is 12.4. The summed E-state index contributed by atoms with van der Waals surface area (Å²) >= 11 is 0. The van der Waals surface area contributed by atoms with Gasteiger partial charge in [-0.1, -0.05) is 31.1 Å². The quantitative estimate of drug-likeness (QED) is 0.334. The second kappa shape index (κ2) is 16.4. The van der Waals surface area contributed by atoms with Crippen LogP contribution >= 0.6 is 0 Å². The Morgan fingerprint density at radius 3 is 2.43 bits per heavy atom. The molecule has 1 aromatic carbocycles. The molecule has 1 saturated heterocycles. The highest BCUT2D eigenvalue weighted by Crippen LogP contribution is 2.46. The molecule has 2 aliphatic heterocycles. The zero-order valence-corrected chi connectivity index (χ0v) is 34.6. The first-order valence-electron chi connectivity index (χ1n) is 19.1. The van der Waals surface area contributed by atoms with Crippen LogP contribution in [0.25, 0.3) is 11.0 Å². The topological polar surface area (TPSA) is 202 Å². The van der Waals surface area contributed by atoms with Gasteiger partial charge in [-0.3, -0.25) is 23.7 Å². The summed E-state index contributed by atoms with van der Waals surface area (Å²) in [7, 11) is 1.68. The fourth-order valence-corrected chi connectivity index (χ4v) is 7.75. The maximum absolute atomic E-state index is 14.6. The van der Waals surface area contributed by atoms with Gasteiger partial charge in [0.25, 0.3) is 17.8 Å². The SMILES string of the molecule is CC(C)n1c(O[C@@H]2C[C@H]3C(=O)N[C@]4(C(=O)NS(=O)(=O)N(C)C)C[C@H]4/C=C\CCCCC[C@H](NC(=O)OC(C)(C)C)C(=O)N3C2)nc2c(C(=O)N(C)C)cccc21. The van der Waals surface area contributed by atoms with E-state index in [1.807, 2.05) is 36.6 Å². The highest BCUT2D eigenvalue weighted by Gasteiger charge is 2.62. The van der Waals surface area contributed by atoms with Gasteiger partial charge >= 0.3 is 16.3 Å². The van der Waals surface area contributed by atoms with E-state index >= 15 is 0 Å². The van der Waals surface area contributed by atoms with Crippen molar-refractivity contribution in [2.45, 2.75) is 115 Å². The van der Waals surface area contributed by atoms with Crippen LogP contribution in [0.15, 0.2) is 30.4 Å². The lowest BCUT2D eigenvalue weighted by Gasteiger charge is -2.30. The number of allylic oxidation sites excluding steroid dienone is 1. The Bertz CT molecular complexity index is 1990. The first kappa shape index (κ1) is 42.4. The Balaban J connectivity index is 1.53. The number of hydrogen-bond donors (Lipinski definition) is 3. The Morgan fingerprint density at radius 1 is 1.07 bits per heavy atom. The number of aromatic nitrogens is 2. The molecule has 3 heterocycles. The number of imidazole rings is 1. The van der Waals surface area contributed by atoms with Gasteiger partial charge in [-0.15, -0.1) is 0 Å². The summed E-state index contributed by atoms with van der Waals surface area (Å²) in [6.07, 6.45) is 5.34. The van der Waals surface area contributed by atoms with E-state index in [0.29, 0.717) is 29.4 Å². The molecule has 5 atom stereocenters. The Labute approximate surface area is 328 Å². The summed E-state index contributed by atoms with van der Waals surface area (Å²) < 4.78 is 42.3. The van der Waals surface area contributed by atoms with Crippen LogP contribution in [-0.4, -0.2) is 126 Å². The molecule has 0 bridgehead atoms. The third kappa shape index (κ3) is 9.28. The van der Waals surface area contributed by atoms with Crippen LogP contribution in [-0.2, 0) is 29.3 Å². The van der Waals surface area contributed by atoms with Gasteiger partial charge in [0.15, 0.2) is 0 Å². The molecule has 3 N–H and O–H groups in total. The zero-order valence-electron chi connectivity index (χ0n) is 33.7. The molecule has 17 nitrogen and oxygen atoms in total. The first-order valence-corrected chi connectivity index (χ1v) is 20.5. The predicted octanol–water partition coefficient (Wildman–Crippen LogP) is 2.88. The summed E-state index contributed by atoms with van der Waals surface area (Å²) in [4.78, 5) is 76.4. The number of para-hydroxylation sites is 1. The average molecular weight is 801 g/mol. The molecule has 2 fully saturated rings. The molecular weight excluding hydrogens is 745 g/mol. The molecule has 56 heavy (non-hydrogen) atoms. The number of fused-ring (bicyclic) bond motifs is 3. The summed E-state index contributed by atoms with van der Waals surface area (Å²) in [5.41, 5.74) is -0.928. The highest BCUT2D eigenvalue weighted by molar-refractivity contribution is 7.87. The van der Waals surface area contributed by atoms with E-state index in [2.05, 4.69) is 15.4 Å². The molecule has 1 saturated carbocycles. The number of rotatable bonds is 8. The van der Waals surface area contributed by atoms with E-state index in [9.17, 15) is 32.4 Å². The lowest BCUT2D eigenvalue weighted by molar-refractivity contribution is -0.141. The number of nitrogens with zero attached hydrogens (tertiary/aromatic N) is 5. The van der Waals surface area contributed by atoms with Crippen LogP contribution in [0.5, 0.6) is 6.01 Å². The molecule has 5 rings (SSSR count). The van der Waals surface area contributed by atoms with Crippen molar-refractivity contribution in [2.75, 3.05) is 34.7 Å². The minimum Gasteiger partial charge on any atom is -0.459 e. The van der Waals surface area contributed by atoms with Gasteiger partial charge in [0.2, 0.25) is 11.8 Å². The normalized spacial score (nSPS) is 25.4. The van der Waals surface area contributed by atoms with Gasteiger partial charge in [0.1, 0.15) is 34.8 Å². The van der Waals surface area contributed by atoms with Crippen molar-refractivity contribution in [3.8, 4) is 6.01 Å². The van der Waals surface area contributed by atoms with Crippen LogP contribution in [0, 0.1) is 5.92 Å². The number of benzene rings is 1. The predicted molar refractivity (Wildman–Crippen MR) is 208 cm³/mol. The smallest absolute Gasteiger partial charge is 0.408 e. The maximum Gasteiger partial charge on any atom is 0.408 e. The minimum atomic E-state index is -4.19. The second-order valence-corrected chi connectivity index (χ2v) is 18.4. The van der Waals surface area contributed by atoms with Crippen molar-refractivity contribution in [3.63, 3.8) is 0 Å². The number of ether oxygens (including phenoxy) is 2. The van der Waals surface area contributed by atoms with Gasteiger partial charge in [-0.2, -0.15) is 17.7 Å². The van der Waals surface area contributed by atoms with Crippen LogP contribution in [0.4, 0.5) is 4.79 Å². The number of carbonyl (C=O) groups excluding carboxylic acids is 5. The summed E-state index contributed by atoms with van der Waals surface area (Å²) in [5.74, 6) is -2.83. The van der Waals surface area contributed by atoms with Gasteiger partial charge in [0.05, 0.1) is 17.6 Å². The molecule has 0 unspecified atom stereocenters. The molecule has 1 aromatic heterocycles. The monoisotopic (exact) mass is 800 g/mol. The molecule has 0 radical (unpaired) electrons. The largest absolute Gasteiger partial charge is 0.459 e. The van der Waals surface area contributed by atoms with Crippen molar-refractivity contribution in [3.05, 3.63) is 35.9 Å². The minimum absolute atomic E-state index is 0.0181. The van der Waals surface area contributed by atoms with Gasteiger partial charge < -0.3 is 29.9 Å². The molecule has 5 amide bonds. The van der Waals surface area contributed by atoms with E-state index in [-0.39, 0.29) is 43.8 Å². The highest BCUT2D eigenvalue weighted by atomic mass is 32.2. The molecule has 18 heteroatoms. The summed E-state index contributed by atoms with van der Waals surface area (Å²) in [6.45, 7) is 8.95. The zero-order chi connectivity index (χ0) is 41.3. The molecular formula is C38H56N8O9S. The first-order chi connectivity index (χ1) is 26.1. The van der Waals surface area contributed by atoms with E-state index in [1.165, 1.54) is 23.9 Å². The number of amides is 5. The number of alkyl carbamates (subject to hydrolysis) is 1. The van der Waals surface area contributed by atoms with Gasteiger partial charge in [0, 0.05) is 46.6 Å². The lowest BCUT2D eigenvalue weighted by Crippen LogP contribution is -2.58. The number of hydrogen-bond acceptors (Lipinski definition) is 10. The van der Waals surface area contributed by atoms with Crippen LogP contribution < -0.4 is 20.1 Å². The number of carbonyl (C=O) groups is 5. The standard InChI is InChI=1S/C38H56N8O9S/c1-23(2)46-28-19-15-17-26(32(48)43(6)7)30(28)40-35(46)54-25-20-29-31(47)41-38(34(50)42-56(52,53)44(8)9)21-24(38)16-13-11-10-12-14-18-27(33(49)45(29)22-25)39-36(51)55-37(3,4)5/h13,15-17,19,23-25,27,29H,10-12,14,18,20-22H2,1-9H3,(H,39,51)(H,41,47)(H,42,50)/b16-13-/t24-,25-,27+,29+,38-/m1/s1. The molecule has 3 aliphatic rings. The fourth-order valence-electron chi connectivity index (χ4n) is 7.16. The van der Waals surface area contributed by atoms with Crippen LogP contribution in [0.3, 0.4) is 0 Å². The third-order valence-corrected chi connectivity index (χ3v) is 11.6. The van der Waals surface area contributed by atoms with Crippen LogP contribution in [0.2, 0.25) is 0 Å². The molecule has 1 aliphatic carbocycles. The van der Waals surface area contributed by atoms with Crippen molar-refractivity contribution >= 4 is 51.0 Å². The van der Waals surface area contributed by atoms with Gasteiger partial charge in [-0.05, 0) is 72.4 Å².